The highest BCUT2D eigenvalue weighted by Gasteiger charge is 2.59. The molecule has 2 saturated heterocycles. The van der Waals surface area contributed by atoms with E-state index in [2.05, 4.69) is 0 Å². The molecule has 0 radical (unpaired) electrons. The predicted octanol–water partition coefficient (Wildman–Crippen LogP) is 3.64. The lowest BCUT2D eigenvalue weighted by molar-refractivity contribution is -0.144. The number of nitrogens with zero attached hydrogens (tertiary/aromatic N) is 2. The average Bonchev–Trinajstić information content (AvgIpc) is 3.08. The molecule has 2 aliphatic heterocycles. The Bertz CT molecular complexity index is 1130. The summed E-state index contributed by atoms with van der Waals surface area (Å²) in [5, 5.41) is -0.819. The molecule has 0 aromatic heterocycles. The maximum atomic E-state index is 13.7. The molecule has 2 amide bonds. The zero-order valence-corrected chi connectivity index (χ0v) is 20.2. The number of piperazine rings is 1. The Balaban J connectivity index is 1.74. The van der Waals surface area contributed by atoms with E-state index in [0.29, 0.717) is 6.54 Å². The van der Waals surface area contributed by atoms with E-state index in [4.69, 9.17) is 4.74 Å². The first-order chi connectivity index (χ1) is 15.5. The fourth-order valence-electron chi connectivity index (χ4n) is 4.93. The molecule has 2 aliphatic rings. The molecule has 0 spiro atoms. The van der Waals surface area contributed by atoms with Gasteiger partial charge in [-0.05, 0) is 51.8 Å². The molecule has 2 aromatic rings. The van der Waals surface area contributed by atoms with Crippen molar-refractivity contribution in [3.8, 4) is 0 Å². The van der Waals surface area contributed by atoms with E-state index in [9.17, 15) is 18.0 Å². The van der Waals surface area contributed by atoms with Crippen molar-refractivity contribution >= 4 is 21.8 Å². The number of amides is 2. The molecule has 33 heavy (non-hydrogen) atoms. The van der Waals surface area contributed by atoms with Crippen LogP contribution in [-0.2, 0) is 25.9 Å². The molecule has 1 unspecified atom stereocenters. The van der Waals surface area contributed by atoms with Crippen molar-refractivity contribution < 1.29 is 22.7 Å². The van der Waals surface area contributed by atoms with E-state index in [-0.39, 0.29) is 11.3 Å². The van der Waals surface area contributed by atoms with Crippen LogP contribution in [0.3, 0.4) is 0 Å². The SMILES string of the molecule is CC1[C@H]2[C@H](S(=O)(=O)c3ccccc3)C[C@@H](C(=O)N1C(=O)OC(C)(C)C)N2Cc1ccccc1. The van der Waals surface area contributed by atoms with E-state index < -0.39 is 50.8 Å². The van der Waals surface area contributed by atoms with E-state index in [1.165, 1.54) is 0 Å². The highest BCUT2D eigenvalue weighted by atomic mass is 32.2. The second-order valence-corrected chi connectivity index (χ2v) is 11.9. The number of likely N-dealkylation sites (tertiary alicyclic amines) is 1. The quantitative estimate of drug-likeness (QED) is 0.678. The van der Waals surface area contributed by atoms with Crippen LogP contribution in [0.2, 0.25) is 0 Å². The van der Waals surface area contributed by atoms with Gasteiger partial charge in [0.15, 0.2) is 9.84 Å². The van der Waals surface area contributed by atoms with Crippen molar-refractivity contribution in [3.63, 3.8) is 0 Å². The minimum Gasteiger partial charge on any atom is -0.443 e. The van der Waals surface area contributed by atoms with Crippen molar-refractivity contribution in [2.75, 3.05) is 0 Å². The molecule has 7 nitrogen and oxygen atoms in total. The van der Waals surface area contributed by atoms with E-state index in [1.54, 1.807) is 58.0 Å². The maximum Gasteiger partial charge on any atom is 0.417 e. The smallest absolute Gasteiger partial charge is 0.417 e. The van der Waals surface area contributed by atoms with Gasteiger partial charge in [0.25, 0.3) is 0 Å². The van der Waals surface area contributed by atoms with Crippen LogP contribution < -0.4 is 0 Å². The van der Waals surface area contributed by atoms with Crippen molar-refractivity contribution in [1.82, 2.24) is 9.80 Å². The standard InChI is InChI=1S/C25H30N2O5S/c1-17-22-21(33(30,31)19-13-9-6-10-14-19)15-20(26(22)16-18-11-7-5-8-12-18)23(28)27(17)24(29)32-25(2,3)4/h5-14,17,20-22H,15-16H2,1-4H3/t17?,20-,21+,22-/m0/s1. The molecular formula is C25H30N2O5S. The van der Waals surface area contributed by atoms with Crippen molar-refractivity contribution in [2.24, 2.45) is 0 Å². The summed E-state index contributed by atoms with van der Waals surface area (Å²) in [5.74, 6) is -0.408. The van der Waals surface area contributed by atoms with Gasteiger partial charge in [-0.2, -0.15) is 0 Å². The van der Waals surface area contributed by atoms with Gasteiger partial charge in [-0.25, -0.2) is 18.1 Å². The van der Waals surface area contributed by atoms with Gasteiger partial charge in [0, 0.05) is 12.6 Å². The lowest BCUT2D eigenvalue weighted by Gasteiger charge is -2.44. The largest absolute Gasteiger partial charge is 0.443 e. The Morgan fingerprint density at radius 2 is 1.61 bits per heavy atom. The second-order valence-electron chi connectivity index (χ2n) is 9.73. The Labute approximate surface area is 195 Å². The molecule has 0 aliphatic carbocycles. The summed E-state index contributed by atoms with van der Waals surface area (Å²) < 4.78 is 32.8. The topological polar surface area (TPSA) is 84.0 Å². The maximum absolute atomic E-state index is 13.7. The van der Waals surface area contributed by atoms with Gasteiger partial charge in [0.2, 0.25) is 5.91 Å². The molecular weight excluding hydrogens is 440 g/mol. The fraction of sp³-hybridized carbons (Fsp3) is 0.440. The summed E-state index contributed by atoms with van der Waals surface area (Å²) in [4.78, 5) is 29.8. The Morgan fingerprint density at radius 1 is 1.03 bits per heavy atom. The number of hydrogen-bond acceptors (Lipinski definition) is 6. The summed E-state index contributed by atoms with van der Waals surface area (Å²) in [6, 6.07) is 16.0. The van der Waals surface area contributed by atoms with Crippen LogP contribution >= 0.6 is 0 Å². The molecule has 2 bridgehead atoms. The van der Waals surface area contributed by atoms with Crippen LogP contribution in [0.25, 0.3) is 0 Å². The van der Waals surface area contributed by atoms with Gasteiger partial charge < -0.3 is 4.74 Å². The molecule has 4 atom stereocenters. The zero-order chi connectivity index (χ0) is 24.0. The molecule has 4 rings (SSSR count). The van der Waals surface area contributed by atoms with Gasteiger partial charge in [0.1, 0.15) is 5.60 Å². The molecule has 2 aromatic carbocycles. The minimum absolute atomic E-state index is 0.136. The summed E-state index contributed by atoms with van der Waals surface area (Å²) in [6.07, 6.45) is -0.593. The first-order valence-corrected chi connectivity index (χ1v) is 12.7. The molecule has 8 heteroatoms. The third kappa shape index (κ3) is 4.42. The van der Waals surface area contributed by atoms with Crippen LogP contribution in [-0.4, -0.2) is 59.2 Å². The number of carbonyl (C=O) groups excluding carboxylic acids is 2. The Morgan fingerprint density at radius 3 is 2.18 bits per heavy atom. The Hall–Kier alpha value is -2.71. The summed E-state index contributed by atoms with van der Waals surface area (Å²) >= 11 is 0. The molecule has 176 valence electrons. The summed E-state index contributed by atoms with van der Waals surface area (Å²) in [6.45, 7) is 7.38. The lowest BCUT2D eigenvalue weighted by atomic mass is 10.0. The summed E-state index contributed by atoms with van der Waals surface area (Å²) in [7, 11) is -3.73. The first kappa shape index (κ1) is 23.4. The zero-order valence-electron chi connectivity index (χ0n) is 19.3. The third-order valence-corrected chi connectivity index (χ3v) is 8.51. The van der Waals surface area contributed by atoms with E-state index >= 15 is 0 Å². The highest BCUT2D eigenvalue weighted by Crippen LogP contribution is 2.41. The van der Waals surface area contributed by atoms with E-state index in [0.717, 1.165) is 10.5 Å². The lowest BCUT2D eigenvalue weighted by Crippen LogP contribution is -2.64. The number of rotatable bonds is 4. The minimum atomic E-state index is -3.73. The van der Waals surface area contributed by atoms with Gasteiger partial charge in [-0.1, -0.05) is 48.5 Å². The average molecular weight is 471 g/mol. The van der Waals surface area contributed by atoms with Crippen LogP contribution in [0.4, 0.5) is 4.79 Å². The number of fused-ring (bicyclic) bond motifs is 2. The monoisotopic (exact) mass is 470 g/mol. The number of sulfone groups is 1. The molecule has 0 saturated carbocycles. The number of benzene rings is 2. The van der Waals surface area contributed by atoms with Crippen molar-refractivity contribution in [3.05, 3.63) is 66.2 Å². The first-order valence-electron chi connectivity index (χ1n) is 11.2. The van der Waals surface area contributed by atoms with Crippen molar-refractivity contribution in [2.45, 2.75) is 74.5 Å². The Kier molecular flexibility index (Phi) is 6.09. The molecule has 0 N–H and O–H groups in total. The highest BCUT2D eigenvalue weighted by molar-refractivity contribution is 7.92. The van der Waals surface area contributed by atoms with E-state index in [1.807, 2.05) is 35.2 Å². The van der Waals surface area contributed by atoms with Gasteiger partial charge in [0.05, 0.1) is 22.2 Å². The number of carbonyl (C=O) groups is 2. The number of imide groups is 1. The van der Waals surface area contributed by atoms with Gasteiger partial charge in [-0.3, -0.25) is 9.69 Å². The molecule has 2 heterocycles. The van der Waals surface area contributed by atoms with Crippen LogP contribution in [0.5, 0.6) is 0 Å². The number of hydrogen-bond donors (Lipinski definition) is 0. The fourth-order valence-corrected chi connectivity index (χ4v) is 7.01. The normalized spacial score (nSPS) is 25.8. The van der Waals surface area contributed by atoms with Crippen LogP contribution in [0.1, 0.15) is 39.7 Å². The number of ether oxygens (including phenoxy) is 1. The summed E-state index contributed by atoms with van der Waals surface area (Å²) in [5.41, 5.74) is 0.211. The predicted molar refractivity (Wildman–Crippen MR) is 124 cm³/mol. The van der Waals surface area contributed by atoms with Gasteiger partial charge >= 0.3 is 6.09 Å². The molecule has 2 fully saturated rings. The van der Waals surface area contributed by atoms with Gasteiger partial charge in [-0.15, -0.1) is 0 Å². The third-order valence-electron chi connectivity index (χ3n) is 6.31. The van der Waals surface area contributed by atoms with Crippen molar-refractivity contribution in [1.29, 1.82) is 0 Å². The van der Waals surface area contributed by atoms with Crippen LogP contribution in [0.15, 0.2) is 65.6 Å². The second kappa shape index (κ2) is 8.57. The van der Waals surface area contributed by atoms with Crippen LogP contribution in [0, 0.1) is 0 Å².